The molecule has 2 amide bonds. The largest absolute Gasteiger partial charge is 0.342 e. The van der Waals surface area contributed by atoms with E-state index in [0.29, 0.717) is 10.7 Å². The number of halogens is 2. The lowest BCUT2D eigenvalue weighted by Gasteiger charge is -2.38. The van der Waals surface area contributed by atoms with E-state index in [0.717, 1.165) is 17.3 Å². The van der Waals surface area contributed by atoms with E-state index in [4.69, 9.17) is 11.6 Å². The van der Waals surface area contributed by atoms with Gasteiger partial charge in [0.15, 0.2) is 0 Å². The van der Waals surface area contributed by atoms with E-state index in [1.807, 2.05) is 0 Å². The molecule has 1 heterocycles. The van der Waals surface area contributed by atoms with Gasteiger partial charge in [0.2, 0.25) is 5.91 Å². The van der Waals surface area contributed by atoms with Crippen LogP contribution >= 0.6 is 27.5 Å². The Morgan fingerprint density at radius 1 is 1.35 bits per heavy atom. The van der Waals surface area contributed by atoms with Crippen LogP contribution in [0.5, 0.6) is 0 Å². The summed E-state index contributed by atoms with van der Waals surface area (Å²) >= 11 is 9.45. The smallest absolute Gasteiger partial charge is 0.250 e. The number of nitrogens with zero attached hydrogens (tertiary/aromatic N) is 1. The lowest BCUT2D eigenvalue weighted by atomic mass is 10.0. The predicted octanol–water partition coefficient (Wildman–Crippen LogP) is 2.73. The maximum Gasteiger partial charge on any atom is 0.250 e. The van der Waals surface area contributed by atoms with Gasteiger partial charge >= 0.3 is 0 Å². The van der Waals surface area contributed by atoms with Gasteiger partial charge in [0, 0.05) is 9.50 Å². The van der Waals surface area contributed by atoms with Crippen molar-refractivity contribution in [2.24, 2.45) is 5.92 Å². The Morgan fingerprint density at radius 3 is 2.70 bits per heavy atom. The van der Waals surface area contributed by atoms with Crippen LogP contribution in [0.4, 0.5) is 5.69 Å². The topological polar surface area (TPSA) is 49.4 Å². The number of carbonyl (C=O) groups is 2. The van der Waals surface area contributed by atoms with E-state index in [1.54, 1.807) is 30.0 Å². The van der Waals surface area contributed by atoms with Gasteiger partial charge in [0.25, 0.3) is 5.91 Å². The summed E-state index contributed by atoms with van der Waals surface area (Å²) in [6.07, 6.45) is 1.99. The second kappa shape index (κ2) is 5.04. The third-order valence-corrected chi connectivity index (χ3v) is 4.73. The normalized spacial score (nSPS) is 26.6. The SMILES string of the molecule is CC1C(=O)NC(C2CC2)C(=O)N1c1cc(Cl)ccc1Br. The maximum absolute atomic E-state index is 12.7. The zero-order valence-electron chi connectivity index (χ0n) is 10.9. The highest BCUT2D eigenvalue weighted by Crippen LogP contribution is 2.38. The maximum atomic E-state index is 12.7. The highest BCUT2D eigenvalue weighted by atomic mass is 79.9. The first kappa shape index (κ1) is 13.9. The molecule has 6 heteroatoms. The molecule has 2 unspecified atom stereocenters. The van der Waals surface area contributed by atoms with Gasteiger partial charge in [-0.05, 0) is 59.8 Å². The van der Waals surface area contributed by atoms with Gasteiger partial charge in [0.05, 0.1) is 5.69 Å². The van der Waals surface area contributed by atoms with Gasteiger partial charge in [-0.2, -0.15) is 0 Å². The van der Waals surface area contributed by atoms with Crippen LogP contribution in [0, 0.1) is 5.92 Å². The van der Waals surface area contributed by atoms with Crippen molar-refractivity contribution >= 4 is 45.0 Å². The molecular formula is C14H14BrClN2O2. The van der Waals surface area contributed by atoms with Crippen molar-refractivity contribution in [2.75, 3.05) is 4.90 Å². The molecule has 1 aromatic carbocycles. The molecule has 20 heavy (non-hydrogen) atoms. The van der Waals surface area contributed by atoms with Crippen LogP contribution in [0.3, 0.4) is 0 Å². The lowest BCUT2D eigenvalue weighted by Crippen LogP contribution is -2.63. The number of hydrogen-bond donors (Lipinski definition) is 1. The summed E-state index contributed by atoms with van der Waals surface area (Å²) in [6, 6.07) is 4.31. The summed E-state index contributed by atoms with van der Waals surface area (Å²) in [5, 5.41) is 3.37. The predicted molar refractivity (Wildman–Crippen MR) is 80.8 cm³/mol. The van der Waals surface area contributed by atoms with E-state index in [1.165, 1.54) is 0 Å². The highest BCUT2D eigenvalue weighted by molar-refractivity contribution is 9.10. The van der Waals surface area contributed by atoms with Crippen LogP contribution in [0.25, 0.3) is 0 Å². The number of rotatable bonds is 2. The highest BCUT2D eigenvalue weighted by Gasteiger charge is 2.46. The van der Waals surface area contributed by atoms with Crippen molar-refractivity contribution in [1.29, 1.82) is 0 Å². The van der Waals surface area contributed by atoms with Crippen LogP contribution in [0.2, 0.25) is 5.02 Å². The number of carbonyl (C=O) groups excluding carboxylic acids is 2. The van der Waals surface area contributed by atoms with E-state index >= 15 is 0 Å². The van der Waals surface area contributed by atoms with Crippen molar-refractivity contribution in [3.05, 3.63) is 27.7 Å². The molecule has 3 rings (SSSR count). The molecule has 4 nitrogen and oxygen atoms in total. The van der Waals surface area contributed by atoms with Gasteiger partial charge in [0.1, 0.15) is 12.1 Å². The number of hydrogen-bond acceptors (Lipinski definition) is 2. The Hall–Kier alpha value is -1.07. The summed E-state index contributed by atoms with van der Waals surface area (Å²) in [5.41, 5.74) is 0.649. The number of nitrogens with one attached hydrogen (secondary N) is 1. The second-order valence-electron chi connectivity index (χ2n) is 5.30. The van der Waals surface area contributed by atoms with Gasteiger partial charge in [-0.15, -0.1) is 0 Å². The molecule has 2 fully saturated rings. The lowest BCUT2D eigenvalue weighted by molar-refractivity contribution is -0.134. The monoisotopic (exact) mass is 356 g/mol. The third kappa shape index (κ3) is 2.33. The number of piperazine rings is 1. The molecule has 0 spiro atoms. The number of amides is 2. The Bertz CT molecular complexity index is 589. The van der Waals surface area contributed by atoms with Gasteiger partial charge in [-0.1, -0.05) is 11.6 Å². The number of anilines is 1. The molecule has 0 bridgehead atoms. The fraction of sp³-hybridized carbons (Fsp3) is 0.429. The summed E-state index contributed by atoms with van der Waals surface area (Å²) < 4.78 is 0.756. The van der Waals surface area contributed by atoms with Gasteiger partial charge in [-0.25, -0.2) is 0 Å². The standard InChI is InChI=1S/C14H14BrClN2O2/c1-7-13(19)17-12(8-2-3-8)14(20)18(7)11-6-9(16)4-5-10(11)15/h4-8,12H,2-3H2,1H3,(H,17,19). The summed E-state index contributed by atoms with van der Waals surface area (Å²) in [7, 11) is 0. The van der Waals surface area contributed by atoms with Crippen molar-refractivity contribution in [3.63, 3.8) is 0 Å². The minimum absolute atomic E-state index is 0.0532. The van der Waals surface area contributed by atoms with Gasteiger partial charge < -0.3 is 5.32 Å². The molecule has 1 aliphatic heterocycles. The quantitative estimate of drug-likeness (QED) is 0.885. The van der Waals surface area contributed by atoms with Gasteiger partial charge in [-0.3, -0.25) is 14.5 Å². The molecule has 0 radical (unpaired) electrons. The summed E-state index contributed by atoms with van der Waals surface area (Å²) in [4.78, 5) is 26.3. The van der Waals surface area contributed by atoms with Crippen LogP contribution < -0.4 is 10.2 Å². The molecule has 1 saturated heterocycles. The first-order valence-electron chi connectivity index (χ1n) is 6.57. The molecule has 106 valence electrons. The molecule has 1 aromatic rings. The molecule has 1 N–H and O–H groups in total. The second-order valence-corrected chi connectivity index (χ2v) is 6.59. The van der Waals surface area contributed by atoms with E-state index in [2.05, 4.69) is 21.2 Å². The minimum atomic E-state index is -0.535. The van der Waals surface area contributed by atoms with Crippen molar-refractivity contribution in [2.45, 2.75) is 31.8 Å². The molecule has 2 aliphatic rings. The summed E-state index contributed by atoms with van der Waals surface area (Å²) in [5.74, 6) is 0.107. The Morgan fingerprint density at radius 2 is 2.05 bits per heavy atom. The van der Waals surface area contributed by atoms with Crippen molar-refractivity contribution in [1.82, 2.24) is 5.32 Å². The molecular weight excluding hydrogens is 344 g/mol. The van der Waals surface area contributed by atoms with Crippen LogP contribution in [0.15, 0.2) is 22.7 Å². The van der Waals surface area contributed by atoms with E-state index in [-0.39, 0.29) is 17.7 Å². The van der Waals surface area contributed by atoms with Crippen LogP contribution in [-0.4, -0.2) is 23.9 Å². The van der Waals surface area contributed by atoms with Crippen molar-refractivity contribution < 1.29 is 9.59 Å². The van der Waals surface area contributed by atoms with Crippen LogP contribution in [0.1, 0.15) is 19.8 Å². The Kier molecular flexibility index (Phi) is 3.50. The molecule has 0 aromatic heterocycles. The molecule has 1 saturated carbocycles. The van der Waals surface area contributed by atoms with E-state index < -0.39 is 12.1 Å². The Labute approximate surface area is 130 Å². The molecule has 1 aliphatic carbocycles. The summed E-state index contributed by atoms with van der Waals surface area (Å²) in [6.45, 7) is 1.73. The Balaban J connectivity index is 2.01. The average molecular weight is 358 g/mol. The zero-order valence-corrected chi connectivity index (χ0v) is 13.2. The molecule has 2 atom stereocenters. The minimum Gasteiger partial charge on any atom is -0.342 e. The van der Waals surface area contributed by atoms with E-state index in [9.17, 15) is 9.59 Å². The average Bonchev–Trinajstić information content (AvgIpc) is 3.22. The first-order valence-corrected chi connectivity index (χ1v) is 7.74. The third-order valence-electron chi connectivity index (χ3n) is 3.83. The fourth-order valence-electron chi connectivity index (χ4n) is 2.54. The van der Waals surface area contributed by atoms with Crippen LogP contribution in [-0.2, 0) is 9.59 Å². The van der Waals surface area contributed by atoms with Crippen molar-refractivity contribution in [3.8, 4) is 0 Å². The fourth-order valence-corrected chi connectivity index (χ4v) is 3.14. The first-order chi connectivity index (χ1) is 9.49. The number of benzene rings is 1. The zero-order chi connectivity index (χ0) is 14.4.